The predicted octanol–water partition coefficient (Wildman–Crippen LogP) is 9.16. The zero-order chi connectivity index (χ0) is 30.7. The third-order valence-electron chi connectivity index (χ3n) is 12.3. The van der Waals surface area contributed by atoms with Gasteiger partial charge in [0.1, 0.15) is 0 Å². The van der Waals surface area contributed by atoms with E-state index in [4.69, 9.17) is 0 Å². The zero-order valence-electron chi connectivity index (χ0n) is 27.3. The van der Waals surface area contributed by atoms with Gasteiger partial charge in [-0.3, -0.25) is 0 Å². The molecule has 3 heteroatoms. The summed E-state index contributed by atoms with van der Waals surface area (Å²) in [6.45, 7) is 6.91. The van der Waals surface area contributed by atoms with Crippen molar-refractivity contribution in [1.29, 1.82) is 0 Å². The third-order valence-corrected chi connectivity index (χ3v) is 12.3. The SMILES string of the molecule is Cc1cc(C)cc(N2c3ccccc3B3c4ccc(C)cc4N(c4ccccc4)c4cc(C56CC7CC(CC(C7)C5)C6)cc2c43)c1. The molecule has 0 amide bonds. The Hall–Kier alpha value is -4.24. The standard InChI is InChI=1S/C43H41BN2/c1-27-13-14-37-39(18-27)45(34-9-5-4-6-10-34)40-22-33(43-24-30-19-31(25-43)21-32(20-30)26-43)23-41-42(40)44(37)36-11-7-8-12-38(36)46(41)35-16-28(2)15-29(3)17-35/h4-18,22-23,30-32H,19-21,24-26H2,1-3H3. The Kier molecular flexibility index (Phi) is 5.64. The lowest BCUT2D eigenvalue weighted by Gasteiger charge is -2.57. The molecule has 2 heterocycles. The molecule has 0 saturated heterocycles. The first kappa shape index (κ1) is 26.9. The van der Waals surface area contributed by atoms with E-state index in [0.717, 1.165) is 17.8 Å². The lowest BCUT2D eigenvalue weighted by Crippen LogP contribution is -2.61. The summed E-state index contributed by atoms with van der Waals surface area (Å²) in [5.74, 6) is 2.70. The van der Waals surface area contributed by atoms with Crippen LogP contribution in [0, 0.1) is 38.5 Å². The Bertz CT molecular complexity index is 1990. The number of anilines is 6. The van der Waals surface area contributed by atoms with E-state index in [1.165, 1.54) is 106 Å². The fraction of sp³-hybridized carbons (Fsp3) is 0.302. The molecule has 226 valence electrons. The van der Waals surface area contributed by atoms with Crippen molar-refractivity contribution >= 4 is 57.2 Å². The van der Waals surface area contributed by atoms with Crippen LogP contribution in [0.4, 0.5) is 34.1 Å². The Balaban J connectivity index is 1.31. The molecule has 0 radical (unpaired) electrons. The lowest BCUT2D eigenvalue weighted by molar-refractivity contribution is -0.00514. The zero-order valence-corrected chi connectivity index (χ0v) is 27.3. The number of hydrogen-bond acceptors (Lipinski definition) is 2. The maximum absolute atomic E-state index is 2.68. The molecular formula is C43H41BN2. The molecule has 6 aliphatic rings. The summed E-state index contributed by atoms with van der Waals surface area (Å²) in [7, 11) is 0. The van der Waals surface area contributed by atoms with Gasteiger partial charge in [-0.05, 0) is 170 Å². The number of fused-ring (bicyclic) bond motifs is 4. The molecule has 0 unspecified atom stereocenters. The number of para-hydroxylation sites is 2. The van der Waals surface area contributed by atoms with Gasteiger partial charge in [0.2, 0.25) is 0 Å². The minimum absolute atomic E-state index is 0.185. The van der Waals surface area contributed by atoms with Crippen LogP contribution in [0.5, 0.6) is 0 Å². The second-order valence-corrected chi connectivity index (χ2v) is 15.5. The molecule has 0 spiro atoms. The van der Waals surface area contributed by atoms with E-state index in [2.05, 4.69) is 134 Å². The molecule has 4 saturated carbocycles. The van der Waals surface area contributed by atoms with Crippen molar-refractivity contribution in [2.45, 2.75) is 64.7 Å². The van der Waals surface area contributed by atoms with Crippen molar-refractivity contribution in [3.05, 3.63) is 125 Å². The van der Waals surface area contributed by atoms with Crippen molar-refractivity contribution in [3.8, 4) is 0 Å². The average molecular weight is 597 g/mol. The van der Waals surface area contributed by atoms with Gasteiger partial charge in [0.15, 0.2) is 0 Å². The topological polar surface area (TPSA) is 6.48 Å². The lowest BCUT2D eigenvalue weighted by atomic mass is 9.33. The normalized spacial score (nSPS) is 24.9. The second kappa shape index (κ2) is 9.64. The smallest absolute Gasteiger partial charge is 0.252 e. The minimum atomic E-state index is 0.185. The van der Waals surface area contributed by atoms with Crippen molar-refractivity contribution in [2.24, 2.45) is 17.8 Å². The molecule has 2 nitrogen and oxygen atoms in total. The molecule has 46 heavy (non-hydrogen) atoms. The van der Waals surface area contributed by atoms with Crippen LogP contribution in [0.25, 0.3) is 0 Å². The Morgan fingerprint density at radius 3 is 1.78 bits per heavy atom. The Morgan fingerprint density at radius 1 is 0.522 bits per heavy atom. The van der Waals surface area contributed by atoms with Gasteiger partial charge in [-0.1, -0.05) is 54.6 Å². The molecule has 5 aromatic carbocycles. The van der Waals surface area contributed by atoms with E-state index in [1.807, 2.05) is 0 Å². The van der Waals surface area contributed by atoms with Crippen LogP contribution in [0.15, 0.2) is 103 Å². The quantitative estimate of drug-likeness (QED) is 0.188. The van der Waals surface area contributed by atoms with Crippen LogP contribution in [0.3, 0.4) is 0 Å². The summed E-state index contributed by atoms with van der Waals surface area (Å²) >= 11 is 0. The molecule has 2 aliphatic heterocycles. The number of aryl methyl sites for hydroxylation is 3. The molecule has 0 aromatic heterocycles. The van der Waals surface area contributed by atoms with Crippen molar-refractivity contribution in [1.82, 2.24) is 0 Å². The first-order chi connectivity index (χ1) is 22.4. The third kappa shape index (κ3) is 3.84. The fourth-order valence-electron chi connectivity index (χ4n) is 11.0. The molecule has 0 N–H and O–H groups in total. The largest absolute Gasteiger partial charge is 0.311 e. The van der Waals surface area contributed by atoms with E-state index in [0.29, 0.717) is 0 Å². The van der Waals surface area contributed by atoms with Gasteiger partial charge in [0.25, 0.3) is 6.71 Å². The Labute approximate surface area is 274 Å². The molecule has 11 rings (SSSR count). The summed E-state index contributed by atoms with van der Waals surface area (Å²) in [4.78, 5) is 5.23. The predicted molar refractivity (Wildman–Crippen MR) is 195 cm³/mol. The second-order valence-electron chi connectivity index (χ2n) is 15.5. The monoisotopic (exact) mass is 596 g/mol. The number of rotatable bonds is 3. The molecule has 4 fully saturated rings. The van der Waals surface area contributed by atoms with Crippen LogP contribution in [-0.2, 0) is 5.41 Å². The van der Waals surface area contributed by atoms with Gasteiger partial charge >= 0.3 is 0 Å². The minimum Gasteiger partial charge on any atom is -0.311 e. The van der Waals surface area contributed by atoms with Crippen molar-refractivity contribution in [3.63, 3.8) is 0 Å². The van der Waals surface area contributed by atoms with E-state index in [9.17, 15) is 0 Å². The van der Waals surface area contributed by atoms with Gasteiger partial charge in [0.05, 0.1) is 0 Å². The highest BCUT2D eigenvalue weighted by molar-refractivity contribution is 7.00. The van der Waals surface area contributed by atoms with Crippen LogP contribution < -0.4 is 26.2 Å². The maximum atomic E-state index is 2.68. The van der Waals surface area contributed by atoms with Crippen LogP contribution in [-0.4, -0.2) is 6.71 Å². The van der Waals surface area contributed by atoms with E-state index in [1.54, 1.807) is 5.56 Å². The first-order valence-electron chi connectivity index (χ1n) is 17.6. The highest BCUT2D eigenvalue weighted by Crippen LogP contribution is 2.61. The Morgan fingerprint density at radius 2 is 1.11 bits per heavy atom. The number of hydrogen-bond donors (Lipinski definition) is 0. The van der Waals surface area contributed by atoms with Crippen LogP contribution in [0.1, 0.15) is 60.8 Å². The number of nitrogens with zero attached hydrogens (tertiary/aromatic N) is 2. The summed E-state index contributed by atoms with van der Waals surface area (Å²) in [6.07, 6.45) is 8.48. The fourth-order valence-corrected chi connectivity index (χ4v) is 11.0. The van der Waals surface area contributed by atoms with Gasteiger partial charge in [0, 0.05) is 34.1 Å². The molecule has 5 aromatic rings. The van der Waals surface area contributed by atoms with E-state index < -0.39 is 0 Å². The van der Waals surface area contributed by atoms with E-state index in [-0.39, 0.29) is 12.1 Å². The molecular weight excluding hydrogens is 555 g/mol. The summed E-state index contributed by atoms with van der Waals surface area (Å²) in [5.41, 5.74) is 18.0. The summed E-state index contributed by atoms with van der Waals surface area (Å²) in [6, 6.07) is 40.0. The summed E-state index contributed by atoms with van der Waals surface area (Å²) < 4.78 is 0. The van der Waals surface area contributed by atoms with Crippen LogP contribution >= 0.6 is 0 Å². The average Bonchev–Trinajstić information content (AvgIpc) is 3.03. The maximum Gasteiger partial charge on any atom is 0.252 e. The molecule has 0 atom stereocenters. The summed E-state index contributed by atoms with van der Waals surface area (Å²) in [5, 5.41) is 0. The van der Waals surface area contributed by atoms with Gasteiger partial charge in [-0.15, -0.1) is 0 Å². The number of benzene rings is 5. The van der Waals surface area contributed by atoms with Crippen molar-refractivity contribution in [2.75, 3.05) is 9.80 Å². The van der Waals surface area contributed by atoms with E-state index >= 15 is 0 Å². The van der Waals surface area contributed by atoms with Gasteiger partial charge in [-0.2, -0.15) is 0 Å². The first-order valence-corrected chi connectivity index (χ1v) is 17.6. The van der Waals surface area contributed by atoms with Crippen LogP contribution in [0.2, 0.25) is 0 Å². The molecule has 4 aliphatic carbocycles. The van der Waals surface area contributed by atoms with Gasteiger partial charge < -0.3 is 9.80 Å². The highest BCUT2D eigenvalue weighted by atomic mass is 15.2. The highest BCUT2D eigenvalue weighted by Gasteiger charge is 2.53. The van der Waals surface area contributed by atoms with Gasteiger partial charge in [-0.25, -0.2) is 0 Å². The van der Waals surface area contributed by atoms with Crippen molar-refractivity contribution < 1.29 is 0 Å². The molecule has 4 bridgehead atoms.